The maximum atomic E-state index is 12.4. The van der Waals surface area contributed by atoms with Gasteiger partial charge in [0.25, 0.3) is 5.91 Å². The molecule has 1 aliphatic heterocycles. The molecule has 1 aliphatic rings. The van der Waals surface area contributed by atoms with Crippen molar-refractivity contribution < 1.29 is 9.53 Å². The second kappa shape index (κ2) is 7.10. The molecule has 5 nitrogen and oxygen atoms in total. The lowest BCUT2D eigenvalue weighted by Gasteiger charge is -2.16. The maximum absolute atomic E-state index is 12.4. The molecule has 1 aromatic heterocycles. The fraction of sp³-hybridized carbons (Fsp3) is 0.294. The summed E-state index contributed by atoms with van der Waals surface area (Å²) >= 11 is 3.38. The van der Waals surface area contributed by atoms with E-state index in [2.05, 4.69) is 20.9 Å². The number of amides is 1. The molecule has 1 atom stereocenters. The van der Waals surface area contributed by atoms with E-state index in [-0.39, 0.29) is 5.91 Å². The fourth-order valence-electron chi connectivity index (χ4n) is 2.58. The molecule has 0 aliphatic carbocycles. The van der Waals surface area contributed by atoms with Gasteiger partial charge in [0.1, 0.15) is 5.75 Å². The molecule has 1 aromatic carbocycles. The summed E-state index contributed by atoms with van der Waals surface area (Å²) in [7, 11) is 0. The Balaban J connectivity index is 1.65. The Bertz CT molecular complexity index is 673. The molecule has 1 saturated heterocycles. The first-order valence-corrected chi connectivity index (χ1v) is 8.34. The Kier molecular flexibility index (Phi) is 4.93. The first-order valence-electron chi connectivity index (χ1n) is 7.54. The summed E-state index contributed by atoms with van der Waals surface area (Å²) in [5.41, 5.74) is 6.24. The van der Waals surface area contributed by atoms with Crippen molar-refractivity contribution in [1.29, 1.82) is 0 Å². The Morgan fingerprint density at radius 1 is 1.30 bits per heavy atom. The molecule has 120 valence electrons. The van der Waals surface area contributed by atoms with Gasteiger partial charge < -0.3 is 15.4 Å². The van der Waals surface area contributed by atoms with Gasteiger partial charge in [0.2, 0.25) is 5.88 Å². The van der Waals surface area contributed by atoms with Crippen molar-refractivity contribution in [3.8, 4) is 11.6 Å². The topological polar surface area (TPSA) is 68.5 Å². The Labute approximate surface area is 143 Å². The third-order valence-corrected chi connectivity index (χ3v) is 4.45. The lowest BCUT2D eigenvalue weighted by Crippen LogP contribution is -2.29. The molecule has 2 N–H and O–H groups in total. The SMILES string of the molecule is NC[C@@H]1CCN(C(=O)c2ccc(Oc3ccc(Br)cc3)nc2)C1. The zero-order valence-corrected chi connectivity index (χ0v) is 14.2. The van der Waals surface area contributed by atoms with Gasteiger partial charge in [0.05, 0.1) is 5.56 Å². The number of ether oxygens (including phenoxy) is 1. The van der Waals surface area contributed by atoms with Gasteiger partial charge in [-0.25, -0.2) is 4.98 Å². The molecular weight excluding hydrogens is 358 g/mol. The van der Waals surface area contributed by atoms with E-state index in [1.165, 1.54) is 0 Å². The molecule has 1 fully saturated rings. The van der Waals surface area contributed by atoms with Crippen LogP contribution in [0.1, 0.15) is 16.8 Å². The molecular formula is C17H18BrN3O2. The van der Waals surface area contributed by atoms with Gasteiger partial charge in [-0.3, -0.25) is 4.79 Å². The molecule has 0 spiro atoms. The summed E-state index contributed by atoms with van der Waals surface area (Å²) in [5.74, 6) is 1.57. The van der Waals surface area contributed by atoms with Crippen LogP contribution in [0.15, 0.2) is 47.1 Å². The highest BCUT2D eigenvalue weighted by Gasteiger charge is 2.26. The molecule has 0 unspecified atom stereocenters. The summed E-state index contributed by atoms with van der Waals surface area (Å²) in [6.45, 7) is 2.12. The molecule has 1 amide bonds. The van der Waals surface area contributed by atoms with Crippen LogP contribution in [0.3, 0.4) is 0 Å². The third kappa shape index (κ3) is 3.89. The normalized spacial score (nSPS) is 17.3. The van der Waals surface area contributed by atoms with E-state index in [0.29, 0.717) is 29.7 Å². The number of halogens is 1. The first kappa shape index (κ1) is 16.0. The Morgan fingerprint density at radius 2 is 2.09 bits per heavy atom. The number of nitrogens with zero attached hydrogens (tertiary/aromatic N) is 2. The van der Waals surface area contributed by atoms with Crippen molar-refractivity contribution >= 4 is 21.8 Å². The van der Waals surface area contributed by atoms with Crippen molar-refractivity contribution in [2.75, 3.05) is 19.6 Å². The summed E-state index contributed by atoms with van der Waals surface area (Å²) in [5, 5.41) is 0. The van der Waals surface area contributed by atoms with Gasteiger partial charge >= 0.3 is 0 Å². The number of carbonyl (C=O) groups excluding carboxylic acids is 1. The molecule has 0 saturated carbocycles. The average molecular weight is 376 g/mol. The van der Waals surface area contributed by atoms with Crippen LogP contribution in [0.25, 0.3) is 0 Å². The summed E-state index contributed by atoms with van der Waals surface area (Å²) in [6, 6.07) is 11.0. The van der Waals surface area contributed by atoms with E-state index in [0.717, 1.165) is 24.0 Å². The van der Waals surface area contributed by atoms with Crippen LogP contribution in [0, 0.1) is 5.92 Å². The number of benzene rings is 1. The van der Waals surface area contributed by atoms with E-state index < -0.39 is 0 Å². The quantitative estimate of drug-likeness (QED) is 0.891. The number of nitrogens with two attached hydrogens (primary N) is 1. The van der Waals surface area contributed by atoms with Gasteiger partial charge in [0.15, 0.2) is 0 Å². The monoisotopic (exact) mass is 375 g/mol. The lowest BCUT2D eigenvalue weighted by atomic mass is 10.1. The molecule has 2 heterocycles. The number of aromatic nitrogens is 1. The molecule has 23 heavy (non-hydrogen) atoms. The van der Waals surface area contributed by atoms with Crippen LogP contribution in [0.4, 0.5) is 0 Å². The van der Waals surface area contributed by atoms with E-state index >= 15 is 0 Å². The Hall–Kier alpha value is -1.92. The number of hydrogen-bond acceptors (Lipinski definition) is 4. The van der Waals surface area contributed by atoms with E-state index in [4.69, 9.17) is 10.5 Å². The highest BCUT2D eigenvalue weighted by molar-refractivity contribution is 9.10. The minimum atomic E-state index is 0.00337. The number of rotatable bonds is 4. The minimum Gasteiger partial charge on any atom is -0.439 e. The van der Waals surface area contributed by atoms with Crippen molar-refractivity contribution in [3.05, 3.63) is 52.6 Å². The average Bonchev–Trinajstić information content (AvgIpc) is 3.06. The number of likely N-dealkylation sites (tertiary alicyclic amines) is 1. The van der Waals surface area contributed by atoms with Gasteiger partial charge in [-0.05, 0) is 49.2 Å². The molecule has 0 radical (unpaired) electrons. The third-order valence-electron chi connectivity index (χ3n) is 3.93. The number of hydrogen-bond donors (Lipinski definition) is 1. The van der Waals surface area contributed by atoms with Gasteiger partial charge in [-0.15, -0.1) is 0 Å². The molecule has 0 bridgehead atoms. The highest BCUT2D eigenvalue weighted by atomic mass is 79.9. The zero-order chi connectivity index (χ0) is 16.2. The van der Waals surface area contributed by atoms with Crippen molar-refractivity contribution in [2.24, 2.45) is 11.7 Å². The molecule has 2 aromatic rings. The summed E-state index contributed by atoms with van der Waals surface area (Å²) in [4.78, 5) is 18.5. The van der Waals surface area contributed by atoms with Gasteiger partial charge in [-0.2, -0.15) is 0 Å². The van der Waals surface area contributed by atoms with Crippen molar-refractivity contribution in [1.82, 2.24) is 9.88 Å². The van der Waals surface area contributed by atoms with E-state index in [9.17, 15) is 4.79 Å². The first-order chi connectivity index (χ1) is 11.2. The van der Waals surface area contributed by atoms with Gasteiger partial charge in [-0.1, -0.05) is 15.9 Å². The minimum absolute atomic E-state index is 0.00337. The molecule has 3 rings (SSSR count). The van der Waals surface area contributed by atoms with Crippen molar-refractivity contribution in [3.63, 3.8) is 0 Å². The van der Waals surface area contributed by atoms with E-state index in [1.54, 1.807) is 18.3 Å². The molecule has 6 heteroatoms. The number of carbonyl (C=O) groups is 1. The lowest BCUT2D eigenvalue weighted by molar-refractivity contribution is 0.0787. The van der Waals surface area contributed by atoms with Crippen LogP contribution in [0.5, 0.6) is 11.6 Å². The van der Waals surface area contributed by atoms with Crippen LogP contribution < -0.4 is 10.5 Å². The maximum Gasteiger partial charge on any atom is 0.255 e. The second-order valence-electron chi connectivity index (χ2n) is 5.58. The zero-order valence-electron chi connectivity index (χ0n) is 12.6. The predicted molar refractivity (Wildman–Crippen MR) is 91.5 cm³/mol. The van der Waals surface area contributed by atoms with Crippen LogP contribution in [-0.4, -0.2) is 35.4 Å². The Morgan fingerprint density at radius 3 is 2.70 bits per heavy atom. The smallest absolute Gasteiger partial charge is 0.255 e. The van der Waals surface area contributed by atoms with Crippen LogP contribution >= 0.6 is 15.9 Å². The highest BCUT2D eigenvalue weighted by Crippen LogP contribution is 2.23. The van der Waals surface area contributed by atoms with Crippen LogP contribution in [-0.2, 0) is 0 Å². The second-order valence-corrected chi connectivity index (χ2v) is 6.50. The number of pyridine rings is 1. The van der Waals surface area contributed by atoms with Gasteiger partial charge in [0, 0.05) is 29.8 Å². The fourth-order valence-corrected chi connectivity index (χ4v) is 2.85. The van der Waals surface area contributed by atoms with E-state index in [1.807, 2.05) is 29.2 Å². The van der Waals surface area contributed by atoms with Crippen LogP contribution in [0.2, 0.25) is 0 Å². The van der Waals surface area contributed by atoms with Crippen molar-refractivity contribution in [2.45, 2.75) is 6.42 Å². The largest absolute Gasteiger partial charge is 0.439 e. The predicted octanol–water partition coefficient (Wildman–Crippen LogP) is 3.06. The summed E-state index contributed by atoms with van der Waals surface area (Å²) < 4.78 is 6.64. The summed E-state index contributed by atoms with van der Waals surface area (Å²) in [6.07, 6.45) is 2.53. The standard InChI is InChI=1S/C17H18BrN3O2/c18-14-2-4-15(5-3-14)23-16-6-1-13(10-20-16)17(22)21-8-7-12(9-19)11-21/h1-6,10,12H,7-9,11,19H2/t12-/m0/s1.